The summed E-state index contributed by atoms with van der Waals surface area (Å²) in [6.45, 7) is 9.98. The Morgan fingerprint density at radius 2 is 1.97 bits per heavy atom. The van der Waals surface area contributed by atoms with Crippen molar-refractivity contribution in [1.29, 1.82) is 0 Å². The maximum absolute atomic E-state index is 13.5. The van der Waals surface area contributed by atoms with Crippen molar-refractivity contribution in [3.8, 4) is 22.8 Å². The summed E-state index contributed by atoms with van der Waals surface area (Å²) < 4.78 is 11.3. The van der Waals surface area contributed by atoms with Gasteiger partial charge in [0.05, 0.1) is 12.6 Å². The van der Waals surface area contributed by atoms with E-state index in [0.29, 0.717) is 49.0 Å². The van der Waals surface area contributed by atoms with Crippen LogP contribution in [-0.4, -0.2) is 53.0 Å². The molecule has 1 unspecified atom stereocenters. The van der Waals surface area contributed by atoms with Crippen LogP contribution in [0.1, 0.15) is 65.5 Å². The van der Waals surface area contributed by atoms with Crippen LogP contribution < -0.4 is 4.74 Å². The molecule has 7 nitrogen and oxygen atoms in total. The van der Waals surface area contributed by atoms with Gasteiger partial charge in [-0.1, -0.05) is 32.0 Å². The molecule has 0 radical (unpaired) electrons. The third-order valence-electron chi connectivity index (χ3n) is 6.44. The average Bonchev–Trinajstić information content (AvgIpc) is 3.32. The van der Waals surface area contributed by atoms with Crippen molar-refractivity contribution in [3.63, 3.8) is 0 Å². The molecule has 1 atom stereocenters. The number of hydrogen-bond donors (Lipinski definition) is 2. The zero-order valence-electron chi connectivity index (χ0n) is 21.2. The predicted molar refractivity (Wildman–Crippen MR) is 136 cm³/mol. The highest BCUT2D eigenvalue weighted by Crippen LogP contribution is 2.46. The second kappa shape index (κ2) is 10.5. The molecule has 0 spiro atoms. The van der Waals surface area contributed by atoms with Gasteiger partial charge in [-0.3, -0.25) is 9.89 Å². The number of methoxy groups -OCH3 is 1. The van der Waals surface area contributed by atoms with Gasteiger partial charge in [-0.05, 0) is 67.5 Å². The largest absolute Gasteiger partial charge is 0.507 e. The first kappa shape index (κ1) is 24.8. The number of aryl methyl sites for hydroxylation is 2. The standard InChI is InChI=1S/C28H35N3O4/c1-17(2)10-13-35-21-9-6-8-20(16-21)27-24-25(23-19(4)14-18(3)15-22(23)32)29-30-26(24)28(33)31(27)11-7-12-34-5/h6,8-9,14-17,27,32H,7,10-13H2,1-5H3,(H,29,30). The number of amides is 1. The second-order valence-electron chi connectivity index (χ2n) is 9.69. The van der Waals surface area contributed by atoms with Gasteiger partial charge in [0.25, 0.3) is 5.91 Å². The van der Waals surface area contributed by atoms with Gasteiger partial charge in [0.15, 0.2) is 0 Å². The first-order valence-electron chi connectivity index (χ1n) is 12.2. The SMILES string of the molecule is COCCCN1C(=O)c2[nH]nc(-c3c(C)cc(C)cc3O)c2C1c1cccc(OCCC(C)C)c1. The third kappa shape index (κ3) is 5.05. The van der Waals surface area contributed by atoms with E-state index in [-0.39, 0.29) is 17.7 Å². The number of nitrogens with one attached hydrogen (secondary N) is 1. The van der Waals surface area contributed by atoms with E-state index in [0.717, 1.165) is 34.4 Å². The number of aromatic amines is 1. The van der Waals surface area contributed by atoms with E-state index >= 15 is 0 Å². The van der Waals surface area contributed by atoms with Crippen LogP contribution in [0.25, 0.3) is 11.3 Å². The second-order valence-corrected chi connectivity index (χ2v) is 9.69. The van der Waals surface area contributed by atoms with E-state index in [1.54, 1.807) is 13.2 Å². The maximum atomic E-state index is 13.5. The number of phenols is 1. The van der Waals surface area contributed by atoms with Gasteiger partial charge in [-0.25, -0.2) is 0 Å². The normalized spacial score (nSPS) is 15.2. The Labute approximate surface area is 207 Å². The van der Waals surface area contributed by atoms with E-state index in [1.165, 1.54) is 0 Å². The van der Waals surface area contributed by atoms with Crippen LogP contribution in [0.2, 0.25) is 0 Å². The molecule has 0 fully saturated rings. The van der Waals surface area contributed by atoms with Gasteiger partial charge in [0, 0.05) is 31.4 Å². The van der Waals surface area contributed by atoms with Gasteiger partial charge in [-0.15, -0.1) is 0 Å². The molecule has 7 heteroatoms. The number of aromatic nitrogens is 2. The van der Waals surface area contributed by atoms with Gasteiger partial charge < -0.3 is 19.5 Å². The minimum absolute atomic E-state index is 0.102. The van der Waals surface area contributed by atoms with Gasteiger partial charge >= 0.3 is 0 Å². The number of hydrogen-bond acceptors (Lipinski definition) is 5. The Hall–Kier alpha value is -3.32. The molecule has 0 aliphatic carbocycles. The molecule has 1 amide bonds. The molecule has 1 aliphatic rings. The molecular weight excluding hydrogens is 442 g/mol. The van der Waals surface area contributed by atoms with Crippen molar-refractivity contribution < 1.29 is 19.4 Å². The lowest BCUT2D eigenvalue weighted by molar-refractivity contribution is 0.0723. The van der Waals surface area contributed by atoms with Crippen molar-refractivity contribution >= 4 is 5.91 Å². The first-order chi connectivity index (χ1) is 16.8. The van der Waals surface area contributed by atoms with E-state index in [2.05, 4.69) is 24.0 Å². The molecule has 35 heavy (non-hydrogen) atoms. The van der Waals surface area contributed by atoms with Gasteiger partial charge in [-0.2, -0.15) is 5.10 Å². The number of carbonyl (C=O) groups is 1. The van der Waals surface area contributed by atoms with Gasteiger partial charge in [0.1, 0.15) is 22.9 Å². The smallest absolute Gasteiger partial charge is 0.273 e. The van der Waals surface area contributed by atoms with Crippen LogP contribution in [0, 0.1) is 19.8 Å². The molecule has 4 rings (SSSR count). The maximum Gasteiger partial charge on any atom is 0.273 e. The molecule has 3 aromatic rings. The molecule has 0 bridgehead atoms. The summed E-state index contributed by atoms with van der Waals surface area (Å²) in [5, 5.41) is 18.3. The molecule has 0 saturated heterocycles. The van der Waals surface area contributed by atoms with Crippen LogP contribution in [0.15, 0.2) is 36.4 Å². The lowest BCUT2D eigenvalue weighted by Crippen LogP contribution is -2.31. The molecule has 186 valence electrons. The number of rotatable bonds is 10. The molecular formula is C28H35N3O4. The van der Waals surface area contributed by atoms with E-state index in [1.807, 2.05) is 49.1 Å². The van der Waals surface area contributed by atoms with Crippen LogP contribution in [0.5, 0.6) is 11.5 Å². The highest BCUT2D eigenvalue weighted by atomic mass is 16.5. The fraction of sp³-hybridized carbons (Fsp3) is 0.429. The van der Waals surface area contributed by atoms with Crippen molar-refractivity contribution in [1.82, 2.24) is 15.1 Å². The number of H-pyrrole nitrogens is 1. The van der Waals surface area contributed by atoms with Gasteiger partial charge in [0.2, 0.25) is 0 Å². The number of ether oxygens (including phenoxy) is 2. The Balaban J connectivity index is 1.79. The number of nitrogens with zero attached hydrogens (tertiary/aromatic N) is 2. The fourth-order valence-corrected chi connectivity index (χ4v) is 4.78. The molecule has 0 saturated carbocycles. The minimum Gasteiger partial charge on any atom is -0.507 e. The highest BCUT2D eigenvalue weighted by molar-refractivity contribution is 6.00. The Morgan fingerprint density at radius 3 is 2.69 bits per heavy atom. The van der Waals surface area contributed by atoms with Crippen molar-refractivity contribution in [2.75, 3.05) is 26.9 Å². The number of fused-ring (bicyclic) bond motifs is 1. The molecule has 2 heterocycles. The Kier molecular flexibility index (Phi) is 7.45. The van der Waals surface area contributed by atoms with Crippen LogP contribution in [0.4, 0.5) is 0 Å². The zero-order chi connectivity index (χ0) is 25.1. The fourth-order valence-electron chi connectivity index (χ4n) is 4.78. The van der Waals surface area contributed by atoms with Crippen LogP contribution >= 0.6 is 0 Å². The van der Waals surface area contributed by atoms with Crippen LogP contribution in [-0.2, 0) is 4.74 Å². The summed E-state index contributed by atoms with van der Waals surface area (Å²) in [4.78, 5) is 15.4. The summed E-state index contributed by atoms with van der Waals surface area (Å²) in [6, 6.07) is 11.3. The zero-order valence-corrected chi connectivity index (χ0v) is 21.2. The number of benzene rings is 2. The molecule has 1 aliphatic heterocycles. The van der Waals surface area contributed by atoms with Crippen molar-refractivity contribution in [3.05, 3.63) is 64.3 Å². The molecule has 2 N–H and O–H groups in total. The predicted octanol–water partition coefficient (Wildman–Crippen LogP) is 5.41. The topological polar surface area (TPSA) is 87.7 Å². The number of carbonyl (C=O) groups excluding carboxylic acids is 1. The average molecular weight is 478 g/mol. The van der Waals surface area contributed by atoms with E-state index in [9.17, 15) is 9.90 Å². The summed E-state index contributed by atoms with van der Waals surface area (Å²) in [5.41, 5.74) is 5.33. The highest BCUT2D eigenvalue weighted by Gasteiger charge is 2.42. The molecule has 2 aromatic carbocycles. The van der Waals surface area contributed by atoms with E-state index in [4.69, 9.17) is 9.47 Å². The lowest BCUT2D eigenvalue weighted by Gasteiger charge is -2.27. The van der Waals surface area contributed by atoms with Crippen LogP contribution in [0.3, 0.4) is 0 Å². The third-order valence-corrected chi connectivity index (χ3v) is 6.44. The summed E-state index contributed by atoms with van der Waals surface area (Å²) in [5.74, 6) is 1.39. The molecule has 1 aromatic heterocycles. The summed E-state index contributed by atoms with van der Waals surface area (Å²) in [7, 11) is 1.66. The number of phenolic OH excluding ortho intramolecular Hbond substituents is 1. The monoisotopic (exact) mass is 477 g/mol. The minimum atomic E-state index is -0.350. The summed E-state index contributed by atoms with van der Waals surface area (Å²) >= 11 is 0. The van der Waals surface area contributed by atoms with E-state index < -0.39 is 0 Å². The Morgan fingerprint density at radius 1 is 1.17 bits per heavy atom. The summed E-state index contributed by atoms with van der Waals surface area (Å²) in [6.07, 6.45) is 1.68. The Bertz CT molecular complexity index is 1180. The first-order valence-corrected chi connectivity index (χ1v) is 12.2. The lowest BCUT2D eigenvalue weighted by atomic mass is 9.93. The quantitative estimate of drug-likeness (QED) is 0.382. The van der Waals surface area contributed by atoms with Crippen molar-refractivity contribution in [2.45, 2.75) is 46.6 Å². The number of aromatic hydroxyl groups is 1. The van der Waals surface area contributed by atoms with Crippen molar-refractivity contribution in [2.24, 2.45) is 5.92 Å².